The Hall–Kier alpha value is -3.08. The number of aromatic nitrogens is 3. The molecule has 0 unspecified atom stereocenters. The Balaban J connectivity index is 1.40. The average molecular weight is 772 g/mol. The number of ether oxygens (including phenoxy) is 2. The van der Waals surface area contributed by atoms with Gasteiger partial charge in [-0.2, -0.15) is 5.10 Å². The normalized spacial score (nSPS) is 39.7. The molecule has 10 heteroatoms. The molecule has 4 fully saturated rings. The summed E-state index contributed by atoms with van der Waals surface area (Å²) in [5, 5.41) is 16.2. The summed E-state index contributed by atoms with van der Waals surface area (Å²) in [5.74, 6) is 0.241. The summed E-state index contributed by atoms with van der Waals surface area (Å²) in [6.45, 7) is 26.3. The molecule has 5 aliphatic rings. The van der Waals surface area contributed by atoms with Crippen LogP contribution in [0.1, 0.15) is 131 Å². The lowest BCUT2D eigenvalue weighted by Crippen LogP contribution is -2.70. The molecule has 10 nitrogen and oxygen atoms in total. The van der Waals surface area contributed by atoms with Crippen molar-refractivity contribution in [2.24, 2.45) is 73.5 Å². The zero-order chi connectivity index (χ0) is 41.0. The van der Waals surface area contributed by atoms with E-state index in [9.17, 15) is 14.7 Å². The fraction of sp³-hybridized carbons (Fsp3) is 0.739. The van der Waals surface area contributed by atoms with Crippen molar-refractivity contribution in [2.45, 2.75) is 132 Å². The van der Waals surface area contributed by atoms with Gasteiger partial charge in [-0.25, -0.2) is 9.67 Å². The molecule has 1 saturated heterocycles. The SMILES string of the molecule is CC(C)[C@@H](C)[C@@]1(C)CC[C@]2(C)[C@H]3CC[C@@H]4[C@@]5(C)COC[C@@]4(C3=CC[C@@]2(C)[C@@H]1C(=O)O)[C@@H](OC[C@](C)(N)C(C)(C)C)[C@H](n1ncnc1-c1ccc(C(N)=O)cc1)C5. The van der Waals surface area contributed by atoms with Gasteiger partial charge in [-0.15, -0.1) is 0 Å². The van der Waals surface area contributed by atoms with Crippen molar-refractivity contribution in [3.05, 3.63) is 47.8 Å². The first kappa shape index (κ1) is 41.1. The summed E-state index contributed by atoms with van der Waals surface area (Å²) in [7, 11) is 0. The number of primary amides is 1. The third-order valence-corrected chi connectivity index (χ3v) is 17.6. The zero-order valence-electron chi connectivity index (χ0n) is 35.9. The zero-order valence-corrected chi connectivity index (χ0v) is 35.9. The second-order valence-electron chi connectivity index (χ2n) is 21.5. The highest BCUT2D eigenvalue weighted by atomic mass is 16.5. The molecule has 5 N–H and O–H groups in total. The standard InChI is InChI=1S/C46H69N5O5/c1-27(2)28(3)42(8)20-21-43(9)31-16-17-34-41(7)22-33(51-38(49-26-50-51)30-14-12-29(13-15-30)37(47)52)36(56-24-45(11,48)40(4,5)6)46(34,25-55-23-41)32(31)18-19-44(43,10)35(42)39(53)54/h12-15,18,26-28,31,33-36H,16-17,19-25,48H2,1-11H3,(H2,47,52)(H,53,54)/t28-,31+,33-,34-,35-,36+,41-,42-,43-,44+,45+,46+/m1/s1. The van der Waals surface area contributed by atoms with Crippen LogP contribution in [0, 0.1) is 62.1 Å². The van der Waals surface area contributed by atoms with E-state index in [0.717, 1.165) is 37.7 Å². The van der Waals surface area contributed by atoms with E-state index in [0.29, 0.717) is 49.5 Å². The fourth-order valence-electron chi connectivity index (χ4n) is 13.1. The van der Waals surface area contributed by atoms with Gasteiger partial charge < -0.3 is 26.0 Å². The molecule has 0 radical (unpaired) electrons. The predicted molar refractivity (Wildman–Crippen MR) is 218 cm³/mol. The monoisotopic (exact) mass is 772 g/mol. The Morgan fingerprint density at radius 3 is 2.30 bits per heavy atom. The Morgan fingerprint density at radius 2 is 1.70 bits per heavy atom. The minimum absolute atomic E-state index is 0.174. The number of carbonyl (C=O) groups is 2. The maximum absolute atomic E-state index is 13.7. The van der Waals surface area contributed by atoms with Crippen molar-refractivity contribution in [3.8, 4) is 11.4 Å². The number of hydrogen-bond donors (Lipinski definition) is 3. The minimum atomic E-state index is -0.656. The van der Waals surface area contributed by atoms with Gasteiger partial charge in [0, 0.05) is 22.1 Å². The van der Waals surface area contributed by atoms with E-state index in [1.54, 1.807) is 18.5 Å². The topological polar surface area (TPSA) is 156 Å². The molecule has 7 rings (SSSR count). The van der Waals surface area contributed by atoms with Gasteiger partial charge in [0.25, 0.3) is 0 Å². The van der Waals surface area contributed by atoms with E-state index >= 15 is 0 Å². The number of nitrogens with zero attached hydrogens (tertiary/aromatic N) is 3. The first-order valence-electron chi connectivity index (χ1n) is 21.2. The number of allylic oxidation sites excluding steroid dienone is 1. The van der Waals surface area contributed by atoms with E-state index in [1.165, 1.54) is 5.57 Å². The van der Waals surface area contributed by atoms with E-state index in [4.69, 9.17) is 31.0 Å². The average Bonchev–Trinajstić information content (AvgIpc) is 3.60. The molecule has 56 heavy (non-hydrogen) atoms. The lowest BCUT2D eigenvalue weighted by atomic mass is 9.34. The van der Waals surface area contributed by atoms with Crippen molar-refractivity contribution in [2.75, 3.05) is 19.8 Å². The summed E-state index contributed by atoms with van der Waals surface area (Å²) >= 11 is 0. The molecule has 2 bridgehead atoms. The van der Waals surface area contributed by atoms with E-state index < -0.39 is 34.2 Å². The smallest absolute Gasteiger partial charge is 0.307 e. The number of benzene rings is 1. The molecular formula is C46H69N5O5. The molecule has 3 saturated carbocycles. The fourth-order valence-corrected chi connectivity index (χ4v) is 13.1. The number of carboxylic acids is 1. The van der Waals surface area contributed by atoms with Crippen LogP contribution in [0.3, 0.4) is 0 Å². The number of fused-ring (bicyclic) bond motifs is 3. The molecule has 1 aromatic carbocycles. The van der Waals surface area contributed by atoms with Crippen LogP contribution >= 0.6 is 0 Å². The van der Waals surface area contributed by atoms with Gasteiger partial charge in [-0.1, -0.05) is 93.0 Å². The Morgan fingerprint density at radius 1 is 1.02 bits per heavy atom. The first-order chi connectivity index (χ1) is 26.0. The minimum Gasteiger partial charge on any atom is -0.481 e. The largest absolute Gasteiger partial charge is 0.481 e. The molecule has 0 spiro atoms. The molecule has 4 aliphatic carbocycles. The molecule has 308 valence electrons. The number of aliphatic carboxylic acids is 1. The maximum atomic E-state index is 13.7. The molecular weight excluding hydrogens is 703 g/mol. The van der Waals surface area contributed by atoms with Crippen LogP contribution in [0.5, 0.6) is 0 Å². The summed E-state index contributed by atoms with van der Waals surface area (Å²) < 4.78 is 16.3. The van der Waals surface area contributed by atoms with Gasteiger partial charge in [0.2, 0.25) is 5.91 Å². The van der Waals surface area contributed by atoms with Crippen molar-refractivity contribution < 1.29 is 24.2 Å². The number of rotatable bonds is 9. The summed E-state index contributed by atoms with van der Waals surface area (Å²) in [6, 6.07) is 7.06. The second kappa shape index (κ2) is 13.5. The maximum Gasteiger partial charge on any atom is 0.307 e. The highest BCUT2D eigenvalue weighted by Gasteiger charge is 2.73. The number of amides is 1. The van der Waals surface area contributed by atoms with Gasteiger partial charge in [-0.3, -0.25) is 9.59 Å². The van der Waals surface area contributed by atoms with Crippen LogP contribution in [0.4, 0.5) is 0 Å². The predicted octanol–water partition coefficient (Wildman–Crippen LogP) is 8.32. The summed E-state index contributed by atoms with van der Waals surface area (Å²) in [5.41, 5.74) is 12.9. The van der Waals surface area contributed by atoms with Crippen LogP contribution < -0.4 is 11.5 Å². The van der Waals surface area contributed by atoms with Crippen LogP contribution in [-0.2, 0) is 14.3 Å². The molecule has 12 atom stereocenters. The van der Waals surface area contributed by atoms with Crippen LogP contribution in [0.25, 0.3) is 11.4 Å². The first-order valence-corrected chi connectivity index (χ1v) is 21.2. The third kappa shape index (κ3) is 5.80. The van der Waals surface area contributed by atoms with Crippen LogP contribution in [0.15, 0.2) is 42.2 Å². The van der Waals surface area contributed by atoms with E-state index in [2.05, 4.69) is 86.9 Å². The second-order valence-corrected chi connectivity index (χ2v) is 21.5. The molecule has 2 heterocycles. The number of hydrogen-bond acceptors (Lipinski definition) is 7. The van der Waals surface area contributed by atoms with Gasteiger partial charge in [0.05, 0.1) is 37.9 Å². The number of nitrogens with two attached hydrogens (primary N) is 2. The molecule has 1 aliphatic heterocycles. The van der Waals surface area contributed by atoms with Gasteiger partial charge in [0.15, 0.2) is 5.82 Å². The number of carboxylic acid groups (broad SMARTS) is 1. The van der Waals surface area contributed by atoms with Crippen molar-refractivity contribution >= 4 is 11.9 Å². The highest BCUT2D eigenvalue weighted by Crippen LogP contribution is 2.75. The van der Waals surface area contributed by atoms with Crippen molar-refractivity contribution in [3.63, 3.8) is 0 Å². The Bertz CT molecular complexity index is 1880. The van der Waals surface area contributed by atoms with Crippen LogP contribution in [-0.4, -0.2) is 63.2 Å². The van der Waals surface area contributed by atoms with Gasteiger partial charge in [0.1, 0.15) is 6.33 Å². The lowest BCUT2D eigenvalue weighted by Gasteiger charge is -2.71. The quantitative estimate of drug-likeness (QED) is 0.215. The summed E-state index contributed by atoms with van der Waals surface area (Å²) in [6.07, 6.45) is 9.16. The third-order valence-electron chi connectivity index (χ3n) is 17.6. The molecule has 1 aromatic heterocycles. The Kier molecular flexibility index (Phi) is 9.89. The molecule has 1 amide bonds. The lowest BCUT2D eigenvalue weighted by molar-refractivity contribution is -0.255. The highest BCUT2D eigenvalue weighted by molar-refractivity contribution is 5.93. The number of carbonyl (C=O) groups excluding carboxylic acids is 1. The van der Waals surface area contributed by atoms with Gasteiger partial charge >= 0.3 is 5.97 Å². The van der Waals surface area contributed by atoms with Crippen LogP contribution in [0.2, 0.25) is 0 Å². The molecule has 2 aromatic rings. The van der Waals surface area contributed by atoms with Gasteiger partial charge in [-0.05, 0) is 108 Å². The summed E-state index contributed by atoms with van der Waals surface area (Å²) in [4.78, 5) is 30.4. The van der Waals surface area contributed by atoms with Crippen molar-refractivity contribution in [1.82, 2.24) is 14.8 Å². The van der Waals surface area contributed by atoms with Crippen molar-refractivity contribution in [1.29, 1.82) is 0 Å². The van der Waals surface area contributed by atoms with E-state index in [-0.39, 0.29) is 45.6 Å². The van der Waals surface area contributed by atoms with E-state index in [1.807, 2.05) is 12.1 Å². The Labute approximate surface area is 334 Å².